The molecular formula is C27H42O. The Labute approximate surface area is 173 Å². The molecule has 0 saturated heterocycles. The summed E-state index contributed by atoms with van der Waals surface area (Å²) in [5.74, 6) is 3.29. The highest BCUT2D eigenvalue weighted by atomic mass is 16.3. The maximum absolute atomic E-state index is 10.2. The molecule has 0 aromatic carbocycles. The maximum Gasteiger partial charge on any atom is 0.0578 e. The number of aliphatic hydroxyl groups excluding tert-OH is 1. The van der Waals surface area contributed by atoms with Crippen molar-refractivity contribution < 1.29 is 5.11 Å². The van der Waals surface area contributed by atoms with E-state index in [9.17, 15) is 5.11 Å². The SMILES string of the molecule is CC(C)CCC[C@@H](C)[C@H]1CC[C@H]2C3=CC=C4CC(O)CC[C@]4(C)C3=CC[C@]12C. The molecule has 1 N–H and O–H groups in total. The summed E-state index contributed by atoms with van der Waals surface area (Å²) in [5, 5.41) is 10.2. The van der Waals surface area contributed by atoms with Crippen molar-refractivity contribution in [3.8, 4) is 0 Å². The lowest BCUT2D eigenvalue weighted by Crippen LogP contribution is -2.41. The van der Waals surface area contributed by atoms with Gasteiger partial charge in [0.1, 0.15) is 0 Å². The average Bonchev–Trinajstić information content (AvgIpc) is 2.99. The summed E-state index contributed by atoms with van der Waals surface area (Å²) in [6.07, 6.45) is 18.5. The van der Waals surface area contributed by atoms with Crippen molar-refractivity contribution in [3.05, 3.63) is 34.9 Å². The van der Waals surface area contributed by atoms with Gasteiger partial charge < -0.3 is 5.11 Å². The van der Waals surface area contributed by atoms with Gasteiger partial charge in [0.15, 0.2) is 0 Å². The van der Waals surface area contributed by atoms with E-state index < -0.39 is 0 Å². The second-order valence-corrected chi connectivity index (χ2v) is 11.4. The van der Waals surface area contributed by atoms with E-state index in [1.54, 1.807) is 11.1 Å². The summed E-state index contributed by atoms with van der Waals surface area (Å²) in [5.41, 5.74) is 5.40. The topological polar surface area (TPSA) is 20.2 Å². The fourth-order valence-corrected chi connectivity index (χ4v) is 7.38. The van der Waals surface area contributed by atoms with E-state index in [2.05, 4.69) is 52.8 Å². The lowest BCUT2D eigenvalue weighted by molar-refractivity contribution is 0.107. The summed E-state index contributed by atoms with van der Waals surface area (Å²) in [4.78, 5) is 0. The molecule has 2 fully saturated rings. The van der Waals surface area contributed by atoms with Crippen molar-refractivity contribution >= 4 is 0 Å². The van der Waals surface area contributed by atoms with Gasteiger partial charge in [0.2, 0.25) is 0 Å². The first-order chi connectivity index (χ1) is 13.3. The van der Waals surface area contributed by atoms with Crippen molar-refractivity contribution in [2.45, 2.75) is 98.5 Å². The van der Waals surface area contributed by atoms with Crippen LogP contribution in [0.15, 0.2) is 34.9 Å². The molecule has 6 atom stereocenters. The summed E-state index contributed by atoms with van der Waals surface area (Å²) in [6.45, 7) is 12.3. The first kappa shape index (κ1) is 20.5. The van der Waals surface area contributed by atoms with E-state index in [0.717, 1.165) is 42.9 Å². The van der Waals surface area contributed by atoms with Crippen LogP contribution in [0.1, 0.15) is 92.4 Å². The predicted molar refractivity (Wildman–Crippen MR) is 119 cm³/mol. The largest absolute Gasteiger partial charge is 0.393 e. The molecule has 0 amide bonds. The van der Waals surface area contributed by atoms with Crippen molar-refractivity contribution in [1.29, 1.82) is 0 Å². The van der Waals surface area contributed by atoms with Gasteiger partial charge in [-0.3, -0.25) is 0 Å². The lowest BCUT2D eigenvalue weighted by atomic mass is 9.54. The second kappa shape index (κ2) is 7.46. The van der Waals surface area contributed by atoms with Crippen LogP contribution in [0.3, 0.4) is 0 Å². The van der Waals surface area contributed by atoms with E-state index in [4.69, 9.17) is 0 Å². The van der Waals surface area contributed by atoms with Crippen LogP contribution < -0.4 is 0 Å². The highest BCUT2D eigenvalue weighted by Crippen LogP contribution is 2.64. The zero-order chi connectivity index (χ0) is 20.1. The number of hydrogen-bond donors (Lipinski definition) is 1. The van der Waals surface area contributed by atoms with Crippen LogP contribution in [0.5, 0.6) is 0 Å². The molecule has 2 saturated carbocycles. The Balaban J connectivity index is 1.57. The molecule has 0 radical (unpaired) electrons. The first-order valence-electron chi connectivity index (χ1n) is 12.1. The van der Waals surface area contributed by atoms with E-state index in [1.807, 2.05) is 0 Å². The standard InChI is InChI=1S/C27H42O/c1-18(2)7-6-8-19(3)23-11-12-24-22-10-9-20-17-21(28)13-15-26(20,4)25(22)14-16-27(23,24)5/h9-10,14,18-19,21,23-24,28H,6-8,11-13,15-17H2,1-5H3/t19-,21?,23-,24+,26+,27-/m1/s1. The van der Waals surface area contributed by atoms with Gasteiger partial charge in [-0.25, -0.2) is 0 Å². The predicted octanol–water partition coefficient (Wildman–Crippen LogP) is 7.23. The Morgan fingerprint density at radius 2 is 1.86 bits per heavy atom. The minimum absolute atomic E-state index is 0.133. The van der Waals surface area contributed by atoms with Crippen LogP contribution in [0, 0.1) is 34.5 Å². The third-order valence-corrected chi connectivity index (χ3v) is 9.17. The summed E-state index contributed by atoms with van der Waals surface area (Å²) >= 11 is 0. The minimum Gasteiger partial charge on any atom is -0.393 e. The van der Waals surface area contributed by atoms with Crippen LogP contribution in [0.2, 0.25) is 0 Å². The van der Waals surface area contributed by atoms with Gasteiger partial charge in [-0.05, 0) is 78.8 Å². The molecular weight excluding hydrogens is 340 g/mol. The van der Waals surface area contributed by atoms with Crippen molar-refractivity contribution in [2.24, 2.45) is 34.5 Å². The van der Waals surface area contributed by atoms with Gasteiger partial charge in [0.25, 0.3) is 0 Å². The van der Waals surface area contributed by atoms with Gasteiger partial charge >= 0.3 is 0 Å². The highest BCUT2D eigenvalue weighted by Gasteiger charge is 2.54. The molecule has 0 aromatic heterocycles. The summed E-state index contributed by atoms with van der Waals surface area (Å²) < 4.78 is 0. The fraction of sp³-hybridized carbons (Fsp3) is 0.778. The second-order valence-electron chi connectivity index (χ2n) is 11.4. The molecule has 4 aliphatic carbocycles. The van der Waals surface area contributed by atoms with Crippen LogP contribution >= 0.6 is 0 Å². The van der Waals surface area contributed by atoms with Crippen LogP contribution in [-0.2, 0) is 0 Å². The molecule has 4 aliphatic rings. The molecule has 0 aromatic rings. The molecule has 1 heteroatoms. The zero-order valence-corrected chi connectivity index (χ0v) is 18.9. The Morgan fingerprint density at radius 1 is 1.07 bits per heavy atom. The maximum atomic E-state index is 10.2. The van der Waals surface area contributed by atoms with Crippen LogP contribution in [0.25, 0.3) is 0 Å². The Hall–Kier alpha value is -0.820. The van der Waals surface area contributed by atoms with E-state index in [0.29, 0.717) is 5.41 Å². The normalized spacial score (nSPS) is 40.8. The number of aliphatic hydroxyl groups is 1. The van der Waals surface area contributed by atoms with Gasteiger partial charge in [-0.1, -0.05) is 77.7 Å². The Kier molecular flexibility index (Phi) is 5.45. The first-order valence-corrected chi connectivity index (χ1v) is 12.1. The van der Waals surface area contributed by atoms with Crippen LogP contribution in [0.4, 0.5) is 0 Å². The Bertz CT molecular complexity index is 695. The van der Waals surface area contributed by atoms with Crippen molar-refractivity contribution in [3.63, 3.8) is 0 Å². The summed E-state index contributed by atoms with van der Waals surface area (Å²) in [6, 6.07) is 0. The van der Waals surface area contributed by atoms with Gasteiger partial charge in [0, 0.05) is 5.41 Å². The molecule has 0 heterocycles. The molecule has 4 rings (SSSR count). The Morgan fingerprint density at radius 3 is 2.61 bits per heavy atom. The zero-order valence-electron chi connectivity index (χ0n) is 18.9. The molecule has 0 bridgehead atoms. The van der Waals surface area contributed by atoms with Gasteiger partial charge in [-0.2, -0.15) is 0 Å². The van der Waals surface area contributed by atoms with Crippen molar-refractivity contribution in [2.75, 3.05) is 0 Å². The minimum atomic E-state index is -0.133. The highest BCUT2D eigenvalue weighted by molar-refractivity contribution is 5.53. The fourth-order valence-electron chi connectivity index (χ4n) is 7.38. The van der Waals surface area contributed by atoms with E-state index in [-0.39, 0.29) is 11.5 Å². The van der Waals surface area contributed by atoms with Crippen LogP contribution in [-0.4, -0.2) is 11.2 Å². The average molecular weight is 383 g/mol. The lowest BCUT2D eigenvalue weighted by Gasteiger charge is -2.50. The quantitative estimate of drug-likeness (QED) is 0.532. The third-order valence-electron chi connectivity index (χ3n) is 9.17. The smallest absolute Gasteiger partial charge is 0.0578 e. The summed E-state index contributed by atoms with van der Waals surface area (Å²) in [7, 11) is 0. The van der Waals surface area contributed by atoms with E-state index in [1.165, 1.54) is 44.1 Å². The monoisotopic (exact) mass is 382 g/mol. The number of allylic oxidation sites excluding steroid dienone is 5. The molecule has 0 aliphatic heterocycles. The number of hydrogen-bond acceptors (Lipinski definition) is 1. The molecule has 1 unspecified atom stereocenters. The molecule has 1 nitrogen and oxygen atoms in total. The number of rotatable bonds is 5. The third kappa shape index (κ3) is 3.26. The molecule has 28 heavy (non-hydrogen) atoms. The molecule has 156 valence electrons. The molecule has 0 spiro atoms. The van der Waals surface area contributed by atoms with Gasteiger partial charge in [0.05, 0.1) is 6.10 Å². The van der Waals surface area contributed by atoms with Crippen molar-refractivity contribution in [1.82, 2.24) is 0 Å². The van der Waals surface area contributed by atoms with E-state index >= 15 is 0 Å². The number of fused-ring (bicyclic) bond motifs is 5. The van der Waals surface area contributed by atoms with Gasteiger partial charge in [-0.15, -0.1) is 0 Å².